The van der Waals surface area contributed by atoms with Crippen LogP contribution in [0.4, 0.5) is 0 Å². The molecule has 0 bridgehead atoms. The van der Waals surface area contributed by atoms with Crippen LogP contribution in [0.1, 0.15) is 11.3 Å². The molecule has 2 heterocycles. The Bertz CT molecular complexity index is 639. The minimum absolute atomic E-state index is 0.0623. The molecule has 0 saturated heterocycles. The number of hydrogen-bond donors (Lipinski definition) is 2. The largest absolute Gasteiger partial charge is 0.466 e. The van der Waals surface area contributed by atoms with Gasteiger partial charge >= 0.3 is 0 Å². The highest BCUT2D eigenvalue weighted by molar-refractivity contribution is 7.80. The Morgan fingerprint density at radius 1 is 1.50 bits per heavy atom. The monoisotopic (exact) mass is 294 g/mol. The predicted octanol–water partition coefficient (Wildman–Crippen LogP) is 1.01. The van der Waals surface area contributed by atoms with Crippen molar-refractivity contribution in [2.45, 2.75) is 13.8 Å². The minimum atomic E-state index is -0.185. The molecule has 20 heavy (non-hydrogen) atoms. The summed E-state index contributed by atoms with van der Waals surface area (Å²) in [5.41, 5.74) is 2.72. The van der Waals surface area contributed by atoms with E-state index in [1.54, 1.807) is 4.68 Å². The maximum Gasteiger partial charge on any atom is 0.258 e. The molecule has 0 aliphatic rings. The Labute approximate surface area is 122 Å². The maximum atomic E-state index is 11.5. The molecule has 2 aromatic rings. The second kappa shape index (κ2) is 6.13. The number of aromatic nitrogens is 3. The lowest BCUT2D eigenvalue weighted by Gasteiger charge is -2.05. The summed E-state index contributed by atoms with van der Waals surface area (Å²) in [6.07, 6.45) is 0. The minimum Gasteiger partial charge on any atom is -0.466 e. The van der Waals surface area contributed by atoms with Crippen LogP contribution in [0.15, 0.2) is 6.07 Å². The third kappa shape index (κ3) is 3.04. The van der Waals surface area contributed by atoms with Crippen LogP contribution in [0.5, 0.6) is 5.88 Å². The first-order valence-corrected chi connectivity index (χ1v) is 6.97. The number of hydrogen-bond acceptors (Lipinski definition) is 5. The quantitative estimate of drug-likeness (QED) is 0.808. The molecule has 0 aromatic carbocycles. The first kappa shape index (κ1) is 14.6. The Balaban J connectivity index is 2.21. The highest BCUT2D eigenvalue weighted by Gasteiger charge is 2.15. The molecule has 108 valence electrons. The van der Waals surface area contributed by atoms with Crippen molar-refractivity contribution in [1.29, 1.82) is 0 Å². The molecule has 0 spiro atoms. The van der Waals surface area contributed by atoms with E-state index in [0.717, 1.165) is 22.3 Å². The number of rotatable bonds is 5. The molecule has 2 aromatic heterocycles. The number of carbonyl (C=O) groups is 1. The molecule has 0 aliphatic heterocycles. The normalized spacial score (nSPS) is 10.8. The van der Waals surface area contributed by atoms with Crippen LogP contribution in [-0.2, 0) is 11.8 Å². The summed E-state index contributed by atoms with van der Waals surface area (Å²) < 4.78 is 7.17. The van der Waals surface area contributed by atoms with Gasteiger partial charge in [-0.3, -0.25) is 4.79 Å². The second-order valence-electron chi connectivity index (χ2n) is 4.57. The topological polar surface area (TPSA) is 69.0 Å². The van der Waals surface area contributed by atoms with Gasteiger partial charge in [-0.2, -0.15) is 12.6 Å². The highest BCUT2D eigenvalue weighted by atomic mass is 32.1. The van der Waals surface area contributed by atoms with E-state index < -0.39 is 0 Å². The highest BCUT2D eigenvalue weighted by Crippen LogP contribution is 2.26. The van der Waals surface area contributed by atoms with Gasteiger partial charge in [0.1, 0.15) is 0 Å². The fourth-order valence-electron chi connectivity index (χ4n) is 2.03. The number of pyridine rings is 1. The second-order valence-corrected chi connectivity index (χ2v) is 5.02. The number of fused-ring (bicyclic) bond motifs is 1. The molecule has 0 aliphatic carbocycles. The van der Waals surface area contributed by atoms with Crippen LogP contribution in [0, 0.1) is 13.8 Å². The van der Waals surface area contributed by atoms with Gasteiger partial charge in [0.05, 0.1) is 5.39 Å². The van der Waals surface area contributed by atoms with Gasteiger partial charge in [-0.25, -0.2) is 9.67 Å². The third-order valence-electron chi connectivity index (χ3n) is 2.86. The number of aryl methyl sites for hydroxylation is 3. The first-order valence-electron chi connectivity index (χ1n) is 6.34. The van der Waals surface area contributed by atoms with E-state index in [1.165, 1.54) is 0 Å². The van der Waals surface area contributed by atoms with Crippen molar-refractivity contribution < 1.29 is 9.53 Å². The zero-order valence-corrected chi connectivity index (χ0v) is 12.7. The summed E-state index contributed by atoms with van der Waals surface area (Å²) in [7, 11) is 1.81. The summed E-state index contributed by atoms with van der Waals surface area (Å²) in [5.74, 6) is 0.852. The van der Waals surface area contributed by atoms with E-state index >= 15 is 0 Å². The fraction of sp³-hybridized carbons (Fsp3) is 0.462. The van der Waals surface area contributed by atoms with Crippen LogP contribution in [-0.4, -0.2) is 39.6 Å². The van der Waals surface area contributed by atoms with Gasteiger partial charge in [0.25, 0.3) is 5.91 Å². The van der Waals surface area contributed by atoms with Gasteiger partial charge in [0, 0.05) is 25.0 Å². The van der Waals surface area contributed by atoms with Crippen molar-refractivity contribution in [1.82, 2.24) is 20.1 Å². The Morgan fingerprint density at radius 3 is 2.95 bits per heavy atom. The number of amides is 1. The lowest BCUT2D eigenvalue weighted by molar-refractivity contribution is -0.123. The van der Waals surface area contributed by atoms with Crippen molar-refractivity contribution in [3.63, 3.8) is 0 Å². The van der Waals surface area contributed by atoms with Gasteiger partial charge in [0.2, 0.25) is 5.88 Å². The van der Waals surface area contributed by atoms with E-state index in [0.29, 0.717) is 18.2 Å². The molecular formula is C13H18N4O2S. The summed E-state index contributed by atoms with van der Waals surface area (Å²) in [4.78, 5) is 16.0. The summed E-state index contributed by atoms with van der Waals surface area (Å²) in [6, 6.07) is 1.97. The van der Waals surface area contributed by atoms with Crippen LogP contribution in [0.3, 0.4) is 0 Å². The number of carbonyl (C=O) groups excluding carboxylic acids is 1. The molecule has 1 N–H and O–H groups in total. The van der Waals surface area contributed by atoms with Crippen LogP contribution in [0.25, 0.3) is 11.0 Å². The van der Waals surface area contributed by atoms with E-state index in [4.69, 9.17) is 4.74 Å². The number of ether oxygens (including phenoxy) is 1. The molecule has 0 saturated carbocycles. The first-order chi connectivity index (χ1) is 9.52. The van der Waals surface area contributed by atoms with Crippen LogP contribution in [0.2, 0.25) is 0 Å². The van der Waals surface area contributed by atoms with Crippen molar-refractivity contribution in [3.05, 3.63) is 17.3 Å². The summed E-state index contributed by atoms with van der Waals surface area (Å²) in [6.45, 7) is 4.37. The van der Waals surface area contributed by atoms with Gasteiger partial charge in [-0.05, 0) is 25.5 Å². The standard InChI is InChI=1S/C13H18N4O2S/c1-8-6-9(2)15-12-11(8)13(16-17(12)3)19-7-10(18)14-4-5-20/h6,20H,4-5,7H2,1-3H3,(H,14,18). The van der Waals surface area contributed by atoms with Gasteiger partial charge in [0.15, 0.2) is 12.3 Å². The summed E-state index contributed by atoms with van der Waals surface area (Å²) in [5, 5.41) is 7.82. The van der Waals surface area contributed by atoms with Gasteiger partial charge in [-0.15, -0.1) is 5.10 Å². The van der Waals surface area contributed by atoms with E-state index in [9.17, 15) is 4.79 Å². The fourth-order valence-corrected chi connectivity index (χ4v) is 2.14. The van der Waals surface area contributed by atoms with Crippen LogP contribution >= 0.6 is 12.6 Å². The molecule has 1 amide bonds. The average Bonchev–Trinajstić information content (AvgIpc) is 2.71. The summed E-state index contributed by atoms with van der Waals surface area (Å²) >= 11 is 4.03. The Kier molecular flexibility index (Phi) is 4.49. The van der Waals surface area contributed by atoms with Crippen molar-refractivity contribution in [2.75, 3.05) is 18.9 Å². The maximum absolute atomic E-state index is 11.5. The third-order valence-corrected chi connectivity index (χ3v) is 3.08. The molecule has 0 atom stereocenters. The van der Waals surface area contributed by atoms with Crippen molar-refractivity contribution >= 4 is 29.6 Å². The van der Waals surface area contributed by atoms with Crippen molar-refractivity contribution in [3.8, 4) is 5.88 Å². The lowest BCUT2D eigenvalue weighted by atomic mass is 10.2. The molecule has 7 heteroatoms. The zero-order chi connectivity index (χ0) is 14.7. The SMILES string of the molecule is Cc1cc(C)c2c(OCC(=O)NCCS)nn(C)c2n1. The predicted molar refractivity (Wildman–Crippen MR) is 80.3 cm³/mol. The van der Waals surface area contributed by atoms with Crippen molar-refractivity contribution in [2.24, 2.45) is 7.05 Å². The molecular weight excluding hydrogens is 276 g/mol. The zero-order valence-electron chi connectivity index (χ0n) is 11.8. The van der Waals surface area contributed by atoms with E-state index in [2.05, 4.69) is 28.0 Å². The number of nitrogens with zero attached hydrogens (tertiary/aromatic N) is 3. The lowest BCUT2D eigenvalue weighted by Crippen LogP contribution is -2.30. The van der Waals surface area contributed by atoms with E-state index in [1.807, 2.05) is 27.0 Å². The Hall–Kier alpha value is -1.76. The molecule has 0 unspecified atom stereocenters. The average molecular weight is 294 g/mol. The smallest absolute Gasteiger partial charge is 0.258 e. The molecule has 2 rings (SSSR count). The number of nitrogens with one attached hydrogen (secondary N) is 1. The molecule has 0 fully saturated rings. The van der Waals surface area contributed by atoms with Gasteiger partial charge < -0.3 is 10.1 Å². The molecule has 6 nitrogen and oxygen atoms in total. The van der Waals surface area contributed by atoms with Gasteiger partial charge in [-0.1, -0.05) is 0 Å². The Morgan fingerprint density at radius 2 is 2.25 bits per heavy atom. The molecule has 0 radical (unpaired) electrons. The van der Waals surface area contributed by atoms with Crippen LogP contribution < -0.4 is 10.1 Å². The van der Waals surface area contributed by atoms with E-state index in [-0.39, 0.29) is 12.5 Å². The number of thiol groups is 1.